The van der Waals surface area contributed by atoms with Gasteiger partial charge in [-0.3, -0.25) is 19.3 Å². The molecule has 3 aromatic rings. The average molecular weight is 415 g/mol. The minimum Gasteiger partial charge on any atom is -0.507 e. The van der Waals surface area contributed by atoms with E-state index in [1.165, 1.54) is 49.4 Å². The number of nitrogens with zero attached hydrogens (tertiary/aromatic N) is 1. The second-order valence-corrected chi connectivity index (χ2v) is 7.16. The summed E-state index contributed by atoms with van der Waals surface area (Å²) >= 11 is 0. The van der Waals surface area contributed by atoms with Crippen LogP contribution in [0.4, 0.5) is 10.1 Å². The van der Waals surface area contributed by atoms with Gasteiger partial charge in [0.1, 0.15) is 11.6 Å². The molecule has 1 atom stereocenters. The molecule has 154 valence electrons. The maximum atomic E-state index is 14.8. The van der Waals surface area contributed by atoms with Crippen molar-refractivity contribution in [2.24, 2.45) is 0 Å². The van der Waals surface area contributed by atoms with Crippen LogP contribution in [0.2, 0.25) is 0 Å². The first-order valence-corrected chi connectivity index (χ1v) is 9.62. The molecule has 5 nitrogen and oxygen atoms in total. The van der Waals surface area contributed by atoms with Crippen LogP contribution in [-0.4, -0.2) is 22.6 Å². The number of rotatable bonds is 4. The zero-order valence-electron chi connectivity index (χ0n) is 16.6. The summed E-state index contributed by atoms with van der Waals surface area (Å²) in [7, 11) is 0. The Balaban J connectivity index is 1.94. The molecule has 0 spiro atoms. The minimum absolute atomic E-state index is 0.0785. The Morgan fingerprint density at radius 3 is 2.10 bits per heavy atom. The lowest BCUT2D eigenvalue weighted by Crippen LogP contribution is -2.29. The molecule has 6 heteroatoms. The second kappa shape index (κ2) is 7.99. The van der Waals surface area contributed by atoms with Crippen LogP contribution in [0.5, 0.6) is 0 Å². The molecule has 1 heterocycles. The Kier molecular flexibility index (Phi) is 5.21. The van der Waals surface area contributed by atoms with Gasteiger partial charge in [-0.25, -0.2) is 4.39 Å². The summed E-state index contributed by atoms with van der Waals surface area (Å²) in [4.78, 5) is 38.7. The van der Waals surface area contributed by atoms with E-state index in [1.54, 1.807) is 36.4 Å². The van der Waals surface area contributed by atoms with E-state index < -0.39 is 23.5 Å². The molecule has 3 aromatic carbocycles. The molecule has 1 aliphatic heterocycles. The number of aliphatic hydroxyl groups is 1. The average Bonchev–Trinajstić information content (AvgIpc) is 3.04. The number of amides is 1. The number of benzene rings is 3. The van der Waals surface area contributed by atoms with Crippen molar-refractivity contribution in [3.8, 4) is 0 Å². The third-order valence-corrected chi connectivity index (χ3v) is 5.24. The predicted octanol–water partition coefficient (Wildman–Crippen LogP) is 4.65. The van der Waals surface area contributed by atoms with E-state index in [0.717, 1.165) is 4.90 Å². The van der Waals surface area contributed by atoms with Crippen molar-refractivity contribution in [1.82, 2.24) is 0 Å². The molecule has 0 radical (unpaired) electrons. The van der Waals surface area contributed by atoms with Crippen LogP contribution in [0, 0.1) is 5.82 Å². The first-order chi connectivity index (χ1) is 14.9. The van der Waals surface area contributed by atoms with E-state index >= 15 is 0 Å². The van der Waals surface area contributed by atoms with Crippen LogP contribution in [0.1, 0.15) is 34.5 Å². The van der Waals surface area contributed by atoms with Crippen molar-refractivity contribution in [3.05, 3.63) is 107 Å². The summed E-state index contributed by atoms with van der Waals surface area (Å²) in [5.74, 6) is -2.94. The molecule has 0 saturated carbocycles. The molecule has 1 fully saturated rings. The van der Waals surface area contributed by atoms with Crippen LogP contribution in [0.15, 0.2) is 84.4 Å². The van der Waals surface area contributed by atoms with E-state index in [4.69, 9.17) is 0 Å². The van der Waals surface area contributed by atoms with E-state index in [1.807, 2.05) is 0 Å². The van der Waals surface area contributed by atoms with Gasteiger partial charge in [-0.05, 0) is 37.3 Å². The molecular formula is C25H18FNO4. The normalized spacial score (nSPS) is 17.7. The quantitative estimate of drug-likeness (QED) is 0.291. The van der Waals surface area contributed by atoms with Gasteiger partial charge < -0.3 is 5.11 Å². The highest BCUT2D eigenvalue weighted by Crippen LogP contribution is 2.42. The SMILES string of the molecule is CC(=O)c1ccc(N2C(=O)C(=O)/C(=C(/O)c3ccccc3)[C@H]2c2ccccc2F)cc1. The maximum Gasteiger partial charge on any atom is 0.300 e. The number of aliphatic hydroxyl groups excluding tert-OH is 1. The fourth-order valence-electron chi connectivity index (χ4n) is 3.70. The fraction of sp³-hybridized carbons (Fsp3) is 0.0800. The largest absolute Gasteiger partial charge is 0.507 e. The summed E-state index contributed by atoms with van der Waals surface area (Å²) in [5, 5.41) is 10.9. The summed E-state index contributed by atoms with van der Waals surface area (Å²) in [6, 6.07) is 19.1. The Morgan fingerprint density at radius 1 is 0.871 bits per heavy atom. The topological polar surface area (TPSA) is 74.7 Å². The lowest BCUT2D eigenvalue weighted by atomic mass is 9.94. The van der Waals surface area contributed by atoms with Gasteiger partial charge in [0, 0.05) is 22.4 Å². The van der Waals surface area contributed by atoms with Crippen molar-refractivity contribution in [2.45, 2.75) is 13.0 Å². The zero-order chi connectivity index (χ0) is 22.1. The Labute approximate surface area is 178 Å². The number of carbonyl (C=O) groups excluding carboxylic acids is 3. The van der Waals surface area contributed by atoms with Crippen LogP contribution >= 0.6 is 0 Å². The van der Waals surface area contributed by atoms with Crippen molar-refractivity contribution in [2.75, 3.05) is 4.90 Å². The molecule has 31 heavy (non-hydrogen) atoms. The van der Waals surface area contributed by atoms with Gasteiger partial charge in [0.15, 0.2) is 5.78 Å². The molecule has 1 saturated heterocycles. The molecule has 1 aliphatic rings. The summed E-state index contributed by atoms with van der Waals surface area (Å²) in [6.07, 6.45) is 0. The Bertz CT molecular complexity index is 1220. The van der Waals surface area contributed by atoms with E-state index in [2.05, 4.69) is 0 Å². The number of hydrogen-bond donors (Lipinski definition) is 1. The lowest BCUT2D eigenvalue weighted by molar-refractivity contribution is -0.132. The van der Waals surface area contributed by atoms with Gasteiger partial charge in [0.25, 0.3) is 11.7 Å². The summed E-state index contributed by atoms with van der Waals surface area (Å²) in [6.45, 7) is 1.42. The number of carbonyl (C=O) groups is 3. The van der Waals surface area contributed by atoms with Gasteiger partial charge in [-0.1, -0.05) is 48.5 Å². The molecule has 4 rings (SSSR count). The van der Waals surface area contributed by atoms with Crippen molar-refractivity contribution >= 4 is 28.9 Å². The number of hydrogen-bond acceptors (Lipinski definition) is 4. The Hall–Kier alpha value is -4.06. The fourth-order valence-corrected chi connectivity index (χ4v) is 3.70. The molecule has 0 aliphatic carbocycles. The summed E-state index contributed by atoms with van der Waals surface area (Å²) in [5.41, 5.74) is 0.972. The van der Waals surface area contributed by atoms with Crippen LogP contribution in [-0.2, 0) is 9.59 Å². The van der Waals surface area contributed by atoms with E-state index in [-0.39, 0.29) is 22.7 Å². The van der Waals surface area contributed by atoms with Gasteiger partial charge >= 0.3 is 0 Å². The van der Waals surface area contributed by atoms with Gasteiger partial charge in [-0.2, -0.15) is 0 Å². The van der Waals surface area contributed by atoms with Crippen molar-refractivity contribution in [1.29, 1.82) is 0 Å². The third kappa shape index (κ3) is 3.53. The minimum atomic E-state index is -1.16. The third-order valence-electron chi connectivity index (χ3n) is 5.24. The smallest absolute Gasteiger partial charge is 0.300 e. The molecule has 1 amide bonds. The number of anilines is 1. The standard InChI is InChI=1S/C25H18FNO4/c1-15(28)16-11-13-18(14-12-16)27-22(19-9-5-6-10-20(19)26)21(24(30)25(27)31)23(29)17-7-3-2-4-8-17/h2-14,22,29H,1H3/b23-21+/t22-/m1/s1. The number of Topliss-reactive ketones (excluding diaryl/α,β-unsaturated/α-hetero) is 2. The van der Waals surface area contributed by atoms with Crippen molar-refractivity contribution < 1.29 is 23.9 Å². The van der Waals surface area contributed by atoms with Gasteiger partial charge in [-0.15, -0.1) is 0 Å². The second-order valence-electron chi connectivity index (χ2n) is 7.16. The number of halogens is 1. The molecule has 0 unspecified atom stereocenters. The molecular weight excluding hydrogens is 397 g/mol. The predicted molar refractivity (Wildman–Crippen MR) is 114 cm³/mol. The maximum absolute atomic E-state index is 14.8. The number of ketones is 2. The van der Waals surface area contributed by atoms with Gasteiger partial charge in [0.2, 0.25) is 0 Å². The monoisotopic (exact) mass is 415 g/mol. The van der Waals surface area contributed by atoms with Crippen LogP contribution in [0.3, 0.4) is 0 Å². The van der Waals surface area contributed by atoms with Crippen molar-refractivity contribution in [3.63, 3.8) is 0 Å². The highest BCUT2D eigenvalue weighted by molar-refractivity contribution is 6.51. The highest BCUT2D eigenvalue weighted by atomic mass is 19.1. The lowest BCUT2D eigenvalue weighted by Gasteiger charge is -2.25. The molecule has 0 aromatic heterocycles. The van der Waals surface area contributed by atoms with Crippen LogP contribution < -0.4 is 4.90 Å². The van der Waals surface area contributed by atoms with E-state index in [0.29, 0.717) is 16.8 Å². The molecule has 1 N–H and O–H groups in total. The highest BCUT2D eigenvalue weighted by Gasteiger charge is 2.47. The van der Waals surface area contributed by atoms with Gasteiger partial charge in [0.05, 0.1) is 11.6 Å². The Morgan fingerprint density at radius 2 is 1.48 bits per heavy atom. The van der Waals surface area contributed by atoms with E-state index in [9.17, 15) is 23.9 Å². The first kappa shape index (κ1) is 20.2. The summed E-state index contributed by atoms with van der Waals surface area (Å²) < 4.78 is 14.8. The molecule has 0 bridgehead atoms. The van der Waals surface area contributed by atoms with Crippen LogP contribution in [0.25, 0.3) is 5.76 Å². The zero-order valence-corrected chi connectivity index (χ0v) is 16.6. The first-order valence-electron chi connectivity index (χ1n) is 9.62.